The molecule has 1 heterocycles. The zero-order valence-electron chi connectivity index (χ0n) is 16.7. The van der Waals surface area contributed by atoms with E-state index in [1.165, 1.54) is 5.56 Å². The minimum Gasteiger partial charge on any atom is -0.324 e. The van der Waals surface area contributed by atoms with Gasteiger partial charge in [0.1, 0.15) is 5.82 Å². The lowest BCUT2D eigenvalue weighted by Gasteiger charge is -2.34. The first-order valence-electron chi connectivity index (χ1n) is 9.59. The number of carbonyl (C=O) groups excluding carboxylic acids is 1. The third kappa shape index (κ3) is 5.19. The Morgan fingerprint density at radius 3 is 2.32 bits per heavy atom. The lowest BCUT2D eigenvalue weighted by atomic mass is 10.1. The number of aryl methyl sites for hydroxylation is 3. The van der Waals surface area contributed by atoms with E-state index in [-0.39, 0.29) is 11.7 Å². The maximum absolute atomic E-state index is 14.2. The van der Waals surface area contributed by atoms with Gasteiger partial charge in [0.15, 0.2) is 0 Å². The molecule has 4 nitrogen and oxygen atoms in total. The number of halogens is 2. The Hall–Kier alpha value is -1.76. The van der Waals surface area contributed by atoms with Gasteiger partial charge in [0.25, 0.3) is 0 Å². The smallest absolute Gasteiger partial charge is 0.238 e. The molecule has 0 bridgehead atoms. The topological polar surface area (TPSA) is 35.6 Å². The second-order valence-electron chi connectivity index (χ2n) is 7.59. The highest BCUT2D eigenvalue weighted by atomic mass is 79.9. The lowest BCUT2D eigenvalue weighted by Crippen LogP contribution is -2.48. The monoisotopic (exact) mass is 447 g/mol. The molecule has 1 N–H and O–H groups in total. The van der Waals surface area contributed by atoms with E-state index in [2.05, 4.69) is 50.1 Å². The molecule has 1 saturated heterocycles. The number of amides is 1. The Labute approximate surface area is 174 Å². The first-order chi connectivity index (χ1) is 13.3. The summed E-state index contributed by atoms with van der Waals surface area (Å²) in [4.78, 5) is 16.9. The molecule has 0 atom stereocenters. The predicted octanol–water partition coefficient (Wildman–Crippen LogP) is 4.27. The summed E-state index contributed by atoms with van der Waals surface area (Å²) in [5, 5.41) is 3.07. The SMILES string of the molecule is Cc1cc(C)c(NC(=O)CN2CCN(Cc3cccc(Br)c3F)CC2)c(C)c1. The van der Waals surface area contributed by atoms with Crippen LogP contribution in [0, 0.1) is 26.6 Å². The van der Waals surface area contributed by atoms with Gasteiger partial charge in [0.05, 0.1) is 11.0 Å². The van der Waals surface area contributed by atoms with Gasteiger partial charge in [-0.2, -0.15) is 0 Å². The van der Waals surface area contributed by atoms with Crippen LogP contribution in [0.1, 0.15) is 22.3 Å². The van der Waals surface area contributed by atoms with Crippen molar-refractivity contribution in [2.45, 2.75) is 27.3 Å². The van der Waals surface area contributed by atoms with Crippen LogP contribution in [0.15, 0.2) is 34.8 Å². The first-order valence-corrected chi connectivity index (χ1v) is 10.4. The molecule has 150 valence electrons. The number of benzene rings is 2. The maximum Gasteiger partial charge on any atom is 0.238 e. The quantitative estimate of drug-likeness (QED) is 0.742. The van der Waals surface area contributed by atoms with Crippen LogP contribution in [0.25, 0.3) is 0 Å². The lowest BCUT2D eigenvalue weighted by molar-refractivity contribution is -0.117. The normalized spacial score (nSPS) is 15.6. The number of carbonyl (C=O) groups is 1. The molecular weight excluding hydrogens is 421 g/mol. The highest BCUT2D eigenvalue weighted by molar-refractivity contribution is 9.10. The van der Waals surface area contributed by atoms with E-state index in [1.54, 1.807) is 6.07 Å². The van der Waals surface area contributed by atoms with Crippen molar-refractivity contribution < 1.29 is 9.18 Å². The molecule has 28 heavy (non-hydrogen) atoms. The van der Waals surface area contributed by atoms with E-state index in [1.807, 2.05) is 26.0 Å². The van der Waals surface area contributed by atoms with Gasteiger partial charge in [0.2, 0.25) is 5.91 Å². The van der Waals surface area contributed by atoms with E-state index < -0.39 is 0 Å². The third-order valence-corrected chi connectivity index (χ3v) is 5.81. The Balaban J connectivity index is 1.50. The summed E-state index contributed by atoms with van der Waals surface area (Å²) in [5.74, 6) is -0.172. The molecule has 0 aromatic heterocycles. The summed E-state index contributed by atoms with van der Waals surface area (Å²) in [6.45, 7) is 10.3. The first kappa shape index (κ1) is 21.0. The zero-order valence-corrected chi connectivity index (χ0v) is 18.3. The van der Waals surface area contributed by atoms with Crippen molar-refractivity contribution in [3.05, 3.63) is 62.9 Å². The number of hydrogen-bond acceptors (Lipinski definition) is 3. The number of nitrogens with one attached hydrogen (secondary N) is 1. The number of hydrogen-bond donors (Lipinski definition) is 1. The van der Waals surface area contributed by atoms with Crippen molar-refractivity contribution in [1.82, 2.24) is 9.80 Å². The molecule has 2 aromatic carbocycles. The molecule has 0 spiro atoms. The van der Waals surface area contributed by atoms with E-state index >= 15 is 0 Å². The molecule has 0 radical (unpaired) electrons. The van der Waals surface area contributed by atoms with Gasteiger partial charge in [0, 0.05) is 44.0 Å². The van der Waals surface area contributed by atoms with Crippen LogP contribution in [0.4, 0.5) is 10.1 Å². The molecule has 0 unspecified atom stereocenters. The molecule has 3 rings (SSSR count). The molecule has 0 aliphatic carbocycles. The van der Waals surface area contributed by atoms with Gasteiger partial charge < -0.3 is 5.32 Å². The molecule has 6 heteroatoms. The van der Waals surface area contributed by atoms with Crippen LogP contribution < -0.4 is 5.32 Å². The molecule has 1 aliphatic rings. The fraction of sp³-hybridized carbons (Fsp3) is 0.409. The number of nitrogens with zero attached hydrogens (tertiary/aromatic N) is 2. The molecule has 1 fully saturated rings. The minimum atomic E-state index is -0.187. The van der Waals surface area contributed by atoms with Gasteiger partial charge in [-0.3, -0.25) is 14.6 Å². The Morgan fingerprint density at radius 2 is 1.68 bits per heavy atom. The van der Waals surface area contributed by atoms with Crippen molar-refractivity contribution >= 4 is 27.5 Å². The summed E-state index contributed by atoms with van der Waals surface area (Å²) in [6, 6.07) is 9.57. The maximum atomic E-state index is 14.2. The van der Waals surface area contributed by atoms with Crippen molar-refractivity contribution in [2.24, 2.45) is 0 Å². The van der Waals surface area contributed by atoms with Crippen LogP contribution >= 0.6 is 15.9 Å². The van der Waals surface area contributed by atoms with E-state index in [4.69, 9.17) is 0 Å². The average molecular weight is 448 g/mol. The molecule has 0 saturated carbocycles. The van der Waals surface area contributed by atoms with Crippen LogP contribution in [-0.4, -0.2) is 48.4 Å². The fourth-order valence-corrected chi connectivity index (χ4v) is 4.18. The molecular formula is C22H27BrFN3O. The molecule has 1 amide bonds. The van der Waals surface area contributed by atoms with Crippen LogP contribution in [0.2, 0.25) is 0 Å². The summed E-state index contributed by atoms with van der Waals surface area (Å²) in [6.07, 6.45) is 0. The molecule has 2 aromatic rings. The van der Waals surface area contributed by atoms with E-state index in [9.17, 15) is 9.18 Å². The summed E-state index contributed by atoms with van der Waals surface area (Å²) in [5.41, 5.74) is 5.00. The largest absolute Gasteiger partial charge is 0.324 e. The molecule has 1 aliphatic heterocycles. The number of piperazine rings is 1. The number of rotatable bonds is 5. The van der Waals surface area contributed by atoms with Crippen molar-refractivity contribution in [2.75, 3.05) is 38.0 Å². The van der Waals surface area contributed by atoms with Gasteiger partial charge in [-0.25, -0.2) is 4.39 Å². The standard InChI is InChI=1S/C22H27BrFN3O/c1-15-11-16(2)22(17(3)12-15)25-20(28)14-27-9-7-26(8-10-27)13-18-5-4-6-19(23)21(18)24/h4-6,11-12H,7-10,13-14H2,1-3H3,(H,25,28). The van der Waals surface area contributed by atoms with Crippen LogP contribution in [0.3, 0.4) is 0 Å². The Morgan fingerprint density at radius 1 is 1.07 bits per heavy atom. The predicted molar refractivity (Wildman–Crippen MR) is 115 cm³/mol. The van der Waals surface area contributed by atoms with Crippen molar-refractivity contribution in [3.8, 4) is 0 Å². The van der Waals surface area contributed by atoms with Crippen LogP contribution in [-0.2, 0) is 11.3 Å². The summed E-state index contributed by atoms with van der Waals surface area (Å²) in [7, 11) is 0. The Bertz CT molecular complexity index is 840. The van der Waals surface area contributed by atoms with Gasteiger partial charge in [-0.05, 0) is 53.9 Å². The number of anilines is 1. The van der Waals surface area contributed by atoms with Gasteiger partial charge in [-0.15, -0.1) is 0 Å². The summed E-state index contributed by atoms with van der Waals surface area (Å²) >= 11 is 3.24. The van der Waals surface area contributed by atoms with Crippen molar-refractivity contribution in [1.29, 1.82) is 0 Å². The Kier molecular flexibility index (Phi) is 6.86. The fourth-order valence-electron chi connectivity index (χ4n) is 3.78. The highest BCUT2D eigenvalue weighted by Crippen LogP contribution is 2.22. The van der Waals surface area contributed by atoms with Crippen molar-refractivity contribution in [3.63, 3.8) is 0 Å². The van der Waals surface area contributed by atoms with Gasteiger partial charge in [-0.1, -0.05) is 29.8 Å². The highest BCUT2D eigenvalue weighted by Gasteiger charge is 2.20. The summed E-state index contributed by atoms with van der Waals surface area (Å²) < 4.78 is 14.7. The minimum absolute atomic E-state index is 0.0153. The van der Waals surface area contributed by atoms with E-state index in [0.717, 1.165) is 43.0 Å². The van der Waals surface area contributed by atoms with Crippen LogP contribution in [0.5, 0.6) is 0 Å². The van der Waals surface area contributed by atoms with E-state index in [0.29, 0.717) is 23.1 Å². The van der Waals surface area contributed by atoms with Gasteiger partial charge >= 0.3 is 0 Å². The zero-order chi connectivity index (χ0) is 20.3. The third-order valence-electron chi connectivity index (χ3n) is 5.20. The average Bonchev–Trinajstić information content (AvgIpc) is 2.63. The second kappa shape index (κ2) is 9.16. The second-order valence-corrected chi connectivity index (χ2v) is 8.44.